The molecule has 1 fully saturated rings. The summed E-state index contributed by atoms with van der Waals surface area (Å²) in [6, 6.07) is 3.90. The van der Waals surface area contributed by atoms with Crippen molar-refractivity contribution in [3.63, 3.8) is 0 Å². The topological polar surface area (TPSA) is 33.2 Å². The summed E-state index contributed by atoms with van der Waals surface area (Å²) in [5, 5.41) is 0. The number of nitrogens with zero attached hydrogens (tertiary/aromatic N) is 2. The van der Waals surface area contributed by atoms with Crippen LogP contribution in [-0.2, 0) is 4.79 Å². The van der Waals surface area contributed by atoms with Gasteiger partial charge >= 0.3 is 0 Å². The van der Waals surface area contributed by atoms with Crippen molar-refractivity contribution in [2.24, 2.45) is 0 Å². The number of piperidine rings is 1. The molecule has 2 rings (SSSR count). The lowest BCUT2D eigenvalue weighted by molar-refractivity contribution is -0.104. The second-order valence-electron chi connectivity index (χ2n) is 3.96. The molecule has 2 heterocycles. The number of anilines is 1. The van der Waals surface area contributed by atoms with Crippen molar-refractivity contribution in [1.82, 2.24) is 4.98 Å². The van der Waals surface area contributed by atoms with E-state index in [0.717, 1.165) is 30.8 Å². The lowest BCUT2D eigenvalue weighted by Crippen LogP contribution is -2.30. The van der Waals surface area contributed by atoms with Crippen LogP contribution in [0, 0.1) is 0 Å². The van der Waals surface area contributed by atoms with Crippen LogP contribution in [0.4, 0.5) is 5.82 Å². The quantitative estimate of drug-likeness (QED) is 0.574. The molecular formula is C13H16N2O. The molecule has 0 amide bonds. The van der Waals surface area contributed by atoms with Crippen LogP contribution in [0.25, 0.3) is 6.08 Å². The molecule has 16 heavy (non-hydrogen) atoms. The number of pyridine rings is 1. The molecule has 3 nitrogen and oxygen atoms in total. The molecule has 1 aliphatic heterocycles. The summed E-state index contributed by atoms with van der Waals surface area (Å²) in [5.74, 6) is 1.00. The van der Waals surface area contributed by atoms with Crippen molar-refractivity contribution >= 4 is 18.2 Å². The highest BCUT2D eigenvalue weighted by Gasteiger charge is 2.13. The predicted molar refractivity (Wildman–Crippen MR) is 65.4 cm³/mol. The van der Waals surface area contributed by atoms with Gasteiger partial charge in [0.25, 0.3) is 0 Å². The maximum absolute atomic E-state index is 10.3. The predicted octanol–water partition coefficient (Wildman–Crippen LogP) is 2.28. The molecule has 0 aliphatic carbocycles. The third-order valence-corrected chi connectivity index (χ3v) is 2.83. The van der Waals surface area contributed by atoms with Gasteiger partial charge in [0.2, 0.25) is 0 Å². The first-order chi connectivity index (χ1) is 7.92. The molecule has 0 atom stereocenters. The molecule has 0 unspecified atom stereocenters. The molecule has 1 aromatic heterocycles. The Labute approximate surface area is 95.8 Å². The number of hydrogen-bond acceptors (Lipinski definition) is 3. The Morgan fingerprint density at radius 3 is 2.81 bits per heavy atom. The van der Waals surface area contributed by atoms with E-state index in [1.807, 2.05) is 24.4 Å². The highest BCUT2D eigenvalue weighted by molar-refractivity contribution is 5.77. The van der Waals surface area contributed by atoms with Crippen molar-refractivity contribution in [2.45, 2.75) is 19.3 Å². The maximum atomic E-state index is 10.3. The lowest BCUT2D eigenvalue weighted by Gasteiger charge is -2.28. The fourth-order valence-corrected chi connectivity index (χ4v) is 2.05. The molecule has 0 bridgehead atoms. The van der Waals surface area contributed by atoms with E-state index in [-0.39, 0.29) is 0 Å². The SMILES string of the molecule is O=C/C=C/c1cccnc1N1CCCCC1. The fraction of sp³-hybridized carbons (Fsp3) is 0.385. The summed E-state index contributed by atoms with van der Waals surface area (Å²) in [6.45, 7) is 2.14. The van der Waals surface area contributed by atoms with Crippen LogP contribution in [0.2, 0.25) is 0 Å². The highest BCUT2D eigenvalue weighted by atomic mass is 16.1. The van der Waals surface area contributed by atoms with Crippen LogP contribution in [0.3, 0.4) is 0 Å². The number of aromatic nitrogens is 1. The molecule has 1 aromatic rings. The van der Waals surface area contributed by atoms with Gasteiger partial charge in [0.1, 0.15) is 12.1 Å². The second-order valence-corrected chi connectivity index (χ2v) is 3.96. The van der Waals surface area contributed by atoms with Crippen LogP contribution in [-0.4, -0.2) is 24.4 Å². The van der Waals surface area contributed by atoms with Crippen molar-refractivity contribution in [1.29, 1.82) is 0 Å². The van der Waals surface area contributed by atoms with E-state index in [0.29, 0.717) is 0 Å². The largest absolute Gasteiger partial charge is 0.356 e. The average molecular weight is 216 g/mol. The molecule has 0 spiro atoms. The molecule has 0 saturated carbocycles. The van der Waals surface area contributed by atoms with Gasteiger partial charge in [-0.15, -0.1) is 0 Å². The van der Waals surface area contributed by atoms with Gasteiger partial charge in [-0.1, -0.05) is 0 Å². The first-order valence-electron chi connectivity index (χ1n) is 5.73. The smallest absolute Gasteiger partial charge is 0.142 e. The Morgan fingerprint density at radius 1 is 1.25 bits per heavy atom. The zero-order chi connectivity index (χ0) is 11.2. The third-order valence-electron chi connectivity index (χ3n) is 2.83. The number of rotatable bonds is 3. The van der Waals surface area contributed by atoms with Gasteiger partial charge in [-0.3, -0.25) is 4.79 Å². The molecule has 0 radical (unpaired) electrons. The number of carbonyl (C=O) groups is 1. The van der Waals surface area contributed by atoms with Crippen molar-refractivity contribution in [3.8, 4) is 0 Å². The number of carbonyl (C=O) groups excluding carboxylic acids is 1. The minimum Gasteiger partial charge on any atom is -0.356 e. The molecule has 84 valence electrons. The molecule has 1 saturated heterocycles. The molecule has 0 N–H and O–H groups in total. The summed E-state index contributed by atoms with van der Waals surface area (Å²) in [6.07, 6.45) is 9.72. The standard InChI is InChI=1S/C13H16N2O/c16-11-5-7-12-6-4-8-14-13(12)15-9-2-1-3-10-15/h4-8,11H,1-3,9-10H2/b7-5+. The van der Waals surface area contributed by atoms with Crippen LogP contribution in [0.1, 0.15) is 24.8 Å². The van der Waals surface area contributed by atoms with E-state index in [9.17, 15) is 4.79 Å². The van der Waals surface area contributed by atoms with E-state index in [1.54, 1.807) is 0 Å². The number of aldehydes is 1. The summed E-state index contributed by atoms with van der Waals surface area (Å²) in [7, 11) is 0. The van der Waals surface area contributed by atoms with E-state index >= 15 is 0 Å². The van der Waals surface area contributed by atoms with Crippen molar-refractivity contribution in [2.75, 3.05) is 18.0 Å². The Bertz CT molecular complexity index is 381. The first kappa shape index (κ1) is 10.9. The highest BCUT2D eigenvalue weighted by Crippen LogP contribution is 2.22. The van der Waals surface area contributed by atoms with E-state index in [2.05, 4.69) is 9.88 Å². The summed E-state index contributed by atoms with van der Waals surface area (Å²) in [4.78, 5) is 17.1. The Hall–Kier alpha value is -1.64. The Morgan fingerprint density at radius 2 is 2.06 bits per heavy atom. The van der Waals surface area contributed by atoms with Gasteiger partial charge in [-0.25, -0.2) is 4.98 Å². The van der Waals surface area contributed by atoms with Crippen LogP contribution < -0.4 is 4.90 Å². The number of allylic oxidation sites excluding steroid dienone is 1. The zero-order valence-electron chi connectivity index (χ0n) is 9.30. The van der Waals surface area contributed by atoms with E-state index in [1.165, 1.54) is 25.3 Å². The van der Waals surface area contributed by atoms with Gasteiger partial charge in [0.05, 0.1) is 0 Å². The van der Waals surface area contributed by atoms with Crippen LogP contribution in [0.5, 0.6) is 0 Å². The summed E-state index contributed by atoms with van der Waals surface area (Å²) in [5.41, 5.74) is 1.02. The van der Waals surface area contributed by atoms with Gasteiger partial charge in [0.15, 0.2) is 0 Å². The van der Waals surface area contributed by atoms with E-state index < -0.39 is 0 Å². The normalized spacial score (nSPS) is 16.6. The van der Waals surface area contributed by atoms with Gasteiger partial charge in [-0.2, -0.15) is 0 Å². The lowest BCUT2D eigenvalue weighted by atomic mass is 10.1. The van der Waals surface area contributed by atoms with Crippen LogP contribution in [0.15, 0.2) is 24.4 Å². The first-order valence-corrected chi connectivity index (χ1v) is 5.73. The second kappa shape index (κ2) is 5.45. The zero-order valence-corrected chi connectivity index (χ0v) is 9.30. The average Bonchev–Trinajstić information content (AvgIpc) is 2.38. The molecule has 1 aliphatic rings. The van der Waals surface area contributed by atoms with E-state index in [4.69, 9.17) is 0 Å². The summed E-state index contributed by atoms with van der Waals surface area (Å²) >= 11 is 0. The van der Waals surface area contributed by atoms with Gasteiger partial charge < -0.3 is 4.90 Å². The molecular weight excluding hydrogens is 200 g/mol. The minimum absolute atomic E-state index is 0.799. The monoisotopic (exact) mass is 216 g/mol. The minimum atomic E-state index is 0.799. The molecule has 3 heteroatoms. The molecule has 0 aromatic carbocycles. The van der Waals surface area contributed by atoms with Crippen molar-refractivity contribution < 1.29 is 4.79 Å². The van der Waals surface area contributed by atoms with Crippen LogP contribution >= 0.6 is 0 Å². The Balaban J connectivity index is 2.24. The maximum Gasteiger partial charge on any atom is 0.142 e. The van der Waals surface area contributed by atoms with Crippen molar-refractivity contribution in [3.05, 3.63) is 30.0 Å². The van der Waals surface area contributed by atoms with Gasteiger partial charge in [-0.05, 0) is 43.5 Å². The summed E-state index contributed by atoms with van der Waals surface area (Å²) < 4.78 is 0. The van der Waals surface area contributed by atoms with Gasteiger partial charge in [0, 0.05) is 24.8 Å². The third kappa shape index (κ3) is 2.48. The fourth-order valence-electron chi connectivity index (χ4n) is 2.05. The Kier molecular flexibility index (Phi) is 3.70. The number of hydrogen-bond donors (Lipinski definition) is 0.